The van der Waals surface area contributed by atoms with Crippen LogP contribution in [0.2, 0.25) is 0 Å². The van der Waals surface area contributed by atoms with Crippen molar-refractivity contribution in [1.29, 1.82) is 0 Å². The summed E-state index contributed by atoms with van der Waals surface area (Å²) in [6, 6.07) is 3.96. The highest BCUT2D eigenvalue weighted by atomic mass is 16.2. The lowest BCUT2D eigenvalue weighted by atomic mass is 10.2. The fourth-order valence-electron chi connectivity index (χ4n) is 1.63. The molecule has 0 aliphatic rings. The van der Waals surface area contributed by atoms with E-state index in [4.69, 9.17) is 5.11 Å². The maximum absolute atomic E-state index is 8.74. The van der Waals surface area contributed by atoms with Crippen molar-refractivity contribution in [2.75, 3.05) is 6.61 Å². The van der Waals surface area contributed by atoms with E-state index in [0.29, 0.717) is 6.54 Å². The van der Waals surface area contributed by atoms with E-state index in [1.165, 1.54) is 0 Å². The summed E-state index contributed by atoms with van der Waals surface area (Å²) < 4.78 is 1.78. The number of hydrogen-bond acceptors (Lipinski definition) is 4. The van der Waals surface area contributed by atoms with Crippen molar-refractivity contribution in [3.05, 3.63) is 41.5 Å². The van der Waals surface area contributed by atoms with E-state index in [9.17, 15) is 0 Å². The van der Waals surface area contributed by atoms with Crippen LogP contribution in [-0.2, 0) is 13.0 Å². The molecule has 0 aromatic carbocycles. The van der Waals surface area contributed by atoms with Crippen molar-refractivity contribution in [2.24, 2.45) is 0 Å². The molecule has 2 aromatic heterocycles. The quantitative estimate of drug-likeness (QED) is 0.833. The van der Waals surface area contributed by atoms with Crippen LogP contribution in [0, 0.1) is 6.92 Å². The molecule has 0 aliphatic heterocycles. The van der Waals surface area contributed by atoms with Crippen LogP contribution in [0.5, 0.6) is 0 Å². The smallest absolute Gasteiger partial charge is 0.0851 e. The van der Waals surface area contributed by atoms with Gasteiger partial charge >= 0.3 is 0 Å². The number of aromatic nitrogens is 4. The topological polar surface area (TPSA) is 63.8 Å². The highest BCUT2D eigenvalue weighted by Crippen LogP contribution is 2.06. The van der Waals surface area contributed by atoms with Gasteiger partial charge in [0, 0.05) is 19.0 Å². The third kappa shape index (κ3) is 3.10. The minimum absolute atomic E-state index is 0.187. The minimum atomic E-state index is 0.187. The van der Waals surface area contributed by atoms with E-state index < -0.39 is 0 Å². The van der Waals surface area contributed by atoms with Crippen molar-refractivity contribution in [1.82, 2.24) is 20.0 Å². The molecule has 2 rings (SSSR count). The Morgan fingerprint density at radius 1 is 1.41 bits per heavy atom. The number of rotatable bonds is 5. The zero-order valence-corrected chi connectivity index (χ0v) is 9.87. The number of pyridine rings is 1. The van der Waals surface area contributed by atoms with Gasteiger partial charge < -0.3 is 5.11 Å². The van der Waals surface area contributed by atoms with Crippen LogP contribution < -0.4 is 0 Å². The molecular weight excluding hydrogens is 216 g/mol. The van der Waals surface area contributed by atoms with E-state index in [0.717, 1.165) is 29.8 Å². The molecular formula is C12H16N4O. The summed E-state index contributed by atoms with van der Waals surface area (Å²) in [6.07, 6.45) is 5.18. The van der Waals surface area contributed by atoms with Gasteiger partial charge in [-0.1, -0.05) is 11.3 Å². The molecule has 2 heterocycles. The standard InChI is InChI=1S/C12H16N4O/c1-10-4-2-6-13-12(10)9-16-8-11(14-15-16)5-3-7-17/h2,4,6,8,17H,3,5,7,9H2,1H3. The Bertz CT molecular complexity index is 481. The highest BCUT2D eigenvalue weighted by Gasteiger charge is 2.03. The lowest BCUT2D eigenvalue weighted by Crippen LogP contribution is -2.04. The van der Waals surface area contributed by atoms with Gasteiger partial charge in [0.25, 0.3) is 0 Å². The van der Waals surface area contributed by atoms with E-state index in [1.54, 1.807) is 10.9 Å². The molecule has 0 amide bonds. The maximum Gasteiger partial charge on any atom is 0.0851 e. The van der Waals surface area contributed by atoms with E-state index in [2.05, 4.69) is 15.3 Å². The molecule has 0 fully saturated rings. The number of aliphatic hydroxyl groups is 1. The summed E-state index contributed by atoms with van der Waals surface area (Å²) in [5.41, 5.74) is 3.07. The number of hydrogen-bond donors (Lipinski definition) is 1. The Morgan fingerprint density at radius 3 is 3.06 bits per heavy atom. The lowest BCUT2D eigenvalue weighted by Gasteiger charge is -2.02. The molecule has 17 heavy (non-hydrogen) atoms. The monoisotopic (exact) mass is 232 g/mol. The molecule has 0 radical (unpaired) electrons. The number of aryl methyl sites for hydroxylation is 2. The zero-order valence-electron chi connectivity index (χ0n) is 9.87. The molecule has 2 aromatic rings. The average molecular weight is 232 g/mol. The van der Waals surface area contributed by atoms with Gasteiger partial charge in [0.05, 0.1) is 17.9 Å². The van der Waals surface area contributed by atoms with Crippen molar-refractivity contribution >= 4 is 0 Å². The summed E-state index contributed by atoms with van der Waals surface area (Å²) in [4.78, 5) is 4.32. The first-order valence-electron chi connectivity index (χ1n) is 5.70. The van der Waals surface area contributed by atoms with Gasteiger partial charge in [-0.3, -0.25) is 4.98 Å². The van der Waals surface area contributed by atoms with Gasteiger partial charge in [0.2, 0.25) is 0 Å². The molecule has 0 saturated carbocycles. The third-order valence-electron chi connectivity index (χ3n) is 2.61. The van der Waals surface area contributed by atoms with Crippen molar-refractivity contribution < 1.29 is 5.11 Å². The summed E-state index contributed by atoms with van der Waals surface area (Å²) >= 11 is 0. The van der Waals surface area contributed by atoms with E-state index >= 15 is 0 Å². The Labute approximate surface area is 100 Å². The Hall–Kier alpha value is -1.75. The Morgan fingerprint density at radius 2 is 2.29 bits per heavy atom. The first-order chi connectivity index (χ1) is 8.29. The predicted octanol–water partition coefficient (Wildman–Crippen LogP) is 0.955. The molecule has 90 valence electrons. The average Bonchev–Trinajstić information content (AvgIpc) is 2.77. The third-order valence-corrected chi connectivity index (χ3v) is 2.61. The van der Waals surface area contributed by atoms with Crippen molar-refractivity contribution in [3.8, 4) is 0 Å². The first-order valence-corrected chi connectivity index (χ1v) is 5.70. The number of aliphatic hydroxyl groups excluding tert-OH is 1. The van der Waals surface area contributed by atoms with E-state index in [1.807, 2.05) is 25.3 Å². The summed E-state index contributed by atoms with van der Waals surface area (Å²) in [7, 11) is 0. The Kier molecular flexibility index (Phi) is 3.82. The van der Waals surface area contributed by atoms with Crippen molar-refractivity contribution in [3.63, 3.8) is 0 Å². The van der Waals surface area contributed by atoms with E-state index in [-0.39, 0.29) is 6.61 Å². The molecule has 0 atom stereocenters. The van der Waals surface area contributed by atoms with Crippen LogP contribution >= 0.6 is 0 Å². The SMILES string of the molecule is Cc1cccnc1Cn1cc(CCCO)nn1. The van der Waals surface area contributed by atoms with Crippen molar-refractivity contribution in [2.45, 2.75) is 26.3 Å². The molecule has 1 N–H and O–H groups in total. The van der Waals surface area contributed by atoms with Crippen LogP contribution in [0.15, 0.2) is 24.5 Å². The van der Waals surface area contributed by atoms with Gasteiger partial charge in [-0.15, -0.1) is 5.10 Å². The molecule has 0 spiro atoms. The first kappa shape index (κ1) is 11.7. The molecule has 0 bridgehead atoms. The van der Waals surface area contributed by atoms with Crippen LogP contribution in [-0.4, -0.2) is 31.7 Å². The van der Waals surface area contributed by atoms with Crippen LogP contribution in [0.1, 0.15) is 23.4 Å². The second-order valence-corrected chi connectivity index (χ2v) is 4.00. The highest BCUT2D eigenvalue weighted by molar-refractivity contribution is 5.17. The minimum Gasteiger partial charge on any atom is -0.396 e. The molecule has 5 heteroatoms. The lowest BCUT2D eigenvalue weighted by molar-refractivity contribution is 0.288. The fourth-order valence-corrected chi connectivity index (χ4v) is 1.63. The molecule has 0 aliphatic carbocycles. The summed E-state index contributed by atoms with van der Waals surface area (Å²) in [6.45, 7) is 2.86. The van der Waals surface area contributed by atoms with Gasteiger partial charge in [-0.25, -0.2) is 4.68 Å². The second kappa shape index (κ2) is 5.54. The predicted molar refractivity (Wildman–Crippen MR) is 63.5 cm³/mol. The zero-order chi connectivity index (χ0) is 12.1. The van der Waals surface area contributed by atoms with Gasteiger partial charge in [0.15, 0.2) is 0 Å². The fraction of sp³-hybridized carbons (Fsp3) is 0.417. The molecule has 0 unspecified atom stereocenters. The van der Waals surface area contributed by atoms with Gasteiger partial charge in [-0.05, 0) is 31.4 Å². The normalized spacial score (nSPS) is 10.7. The maximum atomic E-state index is 8.74. The number of nitrogens with zero attached hydrogens (tertiary/aromatic N) is 4. The van der Waals surface area contributed by atoms with Crippen LogP contribution in [0.25, 0.3) is 0 Å². The summed E-state index contributed by atoms with van der Waals surface area (Å²) in [5.74, 6) is 0. The van der Waals surface area contributed by atoms with Crippen LogP contribution in [0.3, 0.4) is 0 Å². The second-order valence-electron chi connectivity index (χ2n) is 4.00. The molecule has 5 nitrogen and oxygen atoms in total. The molecule has 0 saturated heterocycles. The van der Waals surface area contributed by atoms with Gasteiger partial charge in [-0.2, -0.15) is 0 Å². The summed E-state index contributed by atoms with van der Waals surface area (Å²) in [5, 5.41) is 16.8. The van der Waals surface area contributed by atoms with Gasteiger partial charge in [0.1, 0.15) is 0 Å². The largest absolute Gasteiger partial charge is 0.396 e. The van der Waals surface area contributed by atoms with Crippen LogP contribution in [0.4, 0.5) is 0 Å². The Balaban J connectivity index is 2.04.